The average molecular weight is 357 g/mol. The van der Waals surface area contributed by atoms with Crippen molar-refractivity contribution in [2.75, 3.05) is 0 Å². The molecule has 0 heterocycles. The lowest BCUT2D eigenvalue weighted by molar-refractivity contribution is -0.124. The fourth-order valence-electron chi connectivity index (χ4n) is 1.56. The summed E-state index contributed by atoms with van der Waals surface area (Å²) in [5.74, 6) is -1.19. The van der Waals surface area contributed by atoms with E-state index in [9.17, 15) is 14.4 Å². The topological polar surface area (TPSA) is 113 Å². The molecule has 4 amide bonds. The first-order valence-corrected chi connectivity index (χ1v) is 7.02. The minimum atomic E-state index is -0.826. The number of hydrogen-bond donors (Lipinski definition) is 4. The predicted molar refractivity (Wildman–Crippen MR) is 81.1 cm³/mol. The zero-order valence-corrected chi connectivity index (χ0v) is 13.2. The molecule has 0 fully saturated rings. The molecule has 1 rings (SSSR count). The first-order chi connectivity index (χ1) is 9.81. The van der Waals surface area contributed by atoms with Gasteiger partial charge in [0.1, 0.15) is 6.04 Å². The molecule has 0 aromatic heterocycles. The van der Waals surface area contributed by atoms with Crippen LogP contribution < -0.4 is 21.9 Å². The first kappa shape index (κ1) is 17.0. The number of amides is 4. The van der Waals surface area contributed by atoms with E-state index in [0.29, 0.717) is 5.56 Å². The molecule has 0 aliphatic rings. The van der Waals surface area contributed by atoms with E-state index in [-0.39, 0.29) is 5.92 Å². The molecular formula is C13H17BrN4O3. The lowest BCUT2D eigenvalue weighted by atomic mass is 10.0. The Morgan fingerprint density at radius 3 is 2.14 bits per heavy atom. The number of nitrogens with two attached hydrogens (primary N) is 1. The molecule has 0 unspecified atom stereocenters. The molecule has 5 N–H and O–H groups in total. The van der Waals surface area contributed by atoms with Crippen LogP contribution in [0.4, 0.5) is 4.79 Å². The molecule has 0 bridgehead atoms. The van der Waals surface area contributed by atoms with E-state index >= 15 is 0 Å². The van der Waals surface area contributed by atoms with Crippen LogP contribution in [-0.4, -0.2) is 23.9 Å². The Balaban J connectivity index is 2.60. The second kappa shape index (κ2) is 7.63. The van der Waals surface area contributed by atoms with E-state index in [1.807, 2.05) is 0 Å². The zero-order valence-electron chi connectivity index (χ0n) is 11.6. The van der Waals surface area contributed by atoms with Gasteiger partial charge in [-0.25, -0.2) is 4.79 Å². The third kappa shape index (κ3) is 5.42. The van der Waals surface area contributed by atoms with Crippen molar-refractivity contribution in [2.24, 2.45) is 11.7 Å². The van der Waals surface area contributed by atoms with Crippen molar-refractivity contribution in [3.8, 4) is 0 Å². The number of urea groups is 1. The second-order valence-electron chi connectivity index (χ2n) is 4.68. The van der Waals surface area contributed by atoms with Crippen molar-refractivity contribution >= 4 is 33.8 Å². The van der Waals surface area contributed by atoms with Gasteiger partial charge in [0, 0.05) is 10.0 Å². The first-order valence-electron chi connectivity index (χ1n) is 6.23. The lowest BCUT2D eigenvalue weighted by Gasteiger charge is -2.20. The van der Waals surface area contributed by atoms with E-state index in [2.05, 4.69) is 32.1 Å². The van der Waals surface area contributed by atoms with Crippen molar-refractivity contribution in [2.45, 2.75) is 19.9 Å². The fourth-order valence-corrected chi connectivity index (χ4v) is 1.82. The Labute approximate surface area is 130 Å². The third-order valence-corrected chi connectivity index (χ3v) is 3.18. The van der Waals surface area contributed by atoms with E-state index in [1.165, 1.54) is 0 Å². The highest BCUT2D eigenvalue weighted by atomic mass is 79.9. The van der Waals surface area contributed by atoms with Crippen LogP contribution in [0, 0.1) is 5.92 Å². The van der Waals surface area contributed by atoms with Crippen molar-refractivity contribution in [3.63, 3.8) is 0 Å². The van der Waals surface area contributed by atoms with Crippen LogP contribution in [0.15, 0.2) is 28.7 Å². The molecule has 0 radical (unpaired) electrons. The van der Waals surface area contributed by atoms with Gasteiger partial charge in [-0.15, -0.1) is 0 Å². The number of halogens is 1. The molecule has 114 valence electrons. The number of nitrogens with one attached hydrogen (secondary N) is 3. The van der Waals surface area contributed by atoms with E-state index in [4.69, 9.17) is 5.73 Å². The van der Waals surface area contributed by atoms with Gasteiger partial charge in [0.2, 0.25) is 0 Å². The summed E-state index contributed by atoms with van der Waals surface area (Å²) in [6.45, 7) is 3.49. The number of hydrazine groups is 1. The molecule has 1 atom stereocenters. The zero-order chi connectivity index (χ0) is 16.0. The summed E-state index contributed by atoms with van der Waals surface area (Å²) >= 11 is 3.26. The van der Waals surface area contributed by atoms with E-state index in [1.54, 1.807) is 38.1 Å². The SMILES string of the molecule is CC(C)[C@H](NC(N)=O)C(=O)NNC(=O)c1ccc(Br)cc1. The van der Waals surface area contributed by atoms with Crippen molar-refractivity contribution < 1.29 is 14.4 Å². The van der Waals surface area contributed by atoms with Crippen LogP contribution in [0.2, 0.25) is 0 Å². The molecule has 21 heavy (non-hydrogen) atoms. The van der Waals surface area contributed by atoms with Crippen LogP contribution in [0.25, 0.3) is 0 Å². The summed E-state index contributed by atoms with van der Waals surface area (Å²) in [6, 6.07) is 5.00. The number of hydrogen-bond acceptors (Lipinski definition) is 3. The number of rotatable bonds is 4. The highest BCUT2D eigenvalue weighted by molar-refractivity contribution is 9.10. The molecular weight excluding hydrogens is 340 g/mol. The maximum atomic E-state index is 11.9. The normalized spacial score (nSPS) is 11.6. The highest BCUT2D eigenvalue weighted by Crippen LogP contribution is 2.10. The predicted octanol–water partition coefficient (Wildman–Crippen LogP) is 0.903. The van der Waals surface area contributed by atoms with Gasteiger partial charge in [0.25, 0.3) is 11.8 Å². The monoisotopic (exact) mass is 356 g/mol. The molecule has 8 heteroatoms. The summed E-state index contributed by atoms with van der Waals surface area (Å²) in [5, 5.41) is 2.32. The van der Waals surface area contributed by atoms with Gasteiger partial charge in [0.05, 0.1) is 0 Å². The Bertz CT molecular complexity index is 531. The van der Waals surface area contributed by atoms with Crippen molar-refractivity contribution in [1.82, 2.24) is 16.2 Å². The molecule has 0 saturated carbocycles. The molecule has 0 saturated heterocycles. The lowest BCUT2D eigenvalue weighted by Crippen LogP contribution is -2.55. The Hall–Kier alpha value is -2.09. The summed E-state index contributed by atoms with van der Waals surface area (Å²) < 4.78 is 0.841. The number of primary amides is 1. The van der Waals surface area contributed by atoms with Gasteiger partial charge in [0.15, 0.2) is 0 Å². The molecule has 0 aliphatic carbocycles. The van der Waals surface area contributed by atoms with Gasteiger partial charge >= 0.3 is 6.03 Å². The second-order valence-corrected chi connectivity index (χ2v) is 5.60. The van der Waals surface area contributed by atoms with Gasteiger partial charge in [-0.3, -0.25) is 20.4 Å². The summed E-state index contributed by atoms with van der Waals surface area (Å²) in [4.78, 5) is 34.6. The van der Waals surface area contributed by atoms with Crippen LogP contribution in [0.1, 0.15) is 24.2 Å². The van der Waals surface area contributed by atoms with Crippen LogP contribution >= 0.6 is 15.9 Å². The van der Waals surface area contributed by atoms with Crippen molar-refractivity contribution in [3.05, 3.63) is 34.3 Å². The van der Waals surface area contributed by atoms with E-state index in [0.717, 1.165) is 4.47 Å². The Morgan fingerprint density at radius 1 is 1.10 bits per heavy atom. The molecule has 1 aromatic carbocycles. The summed E-state index contributed by atoms with van der Waals surface area (Å²) in [6.07, 6.45) is 0. The van der Waals surface area contributed by atoms with E-state index < -0.39 is 23.9 Å². The van der Waals surface area contributed by atoms with Gasteiger partial charge in [-0.2, -0.15) is 0 Å². The smallest absolute Gasteiger partial charge is 0.312 e. The minimum absolute atomic E-state index is 0.179. The molecule has 0 spiro atoms. The Kier molecular flexibility index (Phi) is 6.16. The largest absolute Gasteiger partial charge is 0.352 e. The van der Waals surface area contributed by atoms with Crippen molar-refractivity contribution in [1.29, 1.82) is 0 Å². The third-order valence-electron chi connectivity index (χ3n) is 2.65. The standard InChI is InChI=1S/C13H17BrN4O3/c1-7(2)10(16-13(15)21)12(20)18-17-11(19)8-3-5-9(14)6-4-8/h3-7,10H,1-2H3,(H,17,19)(H,18,20)(H3,15,16,21)/t10-/m0/s1. The molecule has 7 nitrogen and oxygen atoms in total. The average Bonchev–Trinajstić information content (AvgIpc) is 2.42. The summed E-state index contributed by atoms with van der Waals surface area (Å²) in [7, 11) is 0. The summed E-state index contributed by atoms with van der Waals surface area (Å²) in [5.41, 5.74) is 9.94. The number of carbonyl (C=O) groups is 3. The minimum Gasteiger partial charge on any atom is -0.352 e. The van der Waals surface area contributed by atoms with Crippen LogP contribution in [0.3, 0.4) is 0 Å². The van der Waals surface area contributed by atoms with Gasteiger partial charge in [-0.05, 0) is 30.2 Å². The number of carbonyl (C=O) groups excluding carboxylic acids is 3. The molecule has 0 aliphatic heterocycles. The van der Waals surface area contributed by atoms with Gasteiger partial charge in [-0.1, -0.05) is 29.8 Å². The number of benzene rings is 1. The van der Waals surface area contributed by atoms with Gasteiger partial charge < -0.3 is 11.1 Å². The molecule has 1 aromatic rings. The maximum absolute atomic E-state index is 11.9. The quantitative estimate of drug-likeness (QED) is 0.601. The highest BCUT2D eigenvalue weighted by Gasteiger charge is 2.23. The fraction of sp³-hybridized carbons (Fsp3) is 0.308. The van der Waals surface area contributed by atoms with Crippen LogP contribution in [-0.2, 0) is 4.79 Å². The Morgan fingerprint density at radius 2 is 1.67 bits per heavy atom. The maximum Gasteiger partial charge on any atom is 0.312 e. The van der Waals surface area contributed by atoms with Crippen LogP contribution in [0.5, 0.6) is 0 Å².